The fourth-order valence-electron chi connectivity index (χ4n) is 3.33. The fraction of sp³-hybridized carbons (Fsp3) is 0.136. The number of aromatic hydroxyl groups is 1. The highest BCUT2D eigenvalue weighted by Crippen LogP contribution is 2.26. The van der Waals surface area contributed by atoms with Gasteiger partial charge < -0.3 is 5.11 Å². The van der Waals surface area contributed by atoms with Gasteiger partial charge >= 0.3 is 0 Å². The largest absolute Gasteiger partial charge is 0.505 e. The van der Waals surface area contributed by atoms with E-state index in [1.807, 2.05) is 49.4 Å². The Balaban J connectivity index is 1.88. The van der Waals surface area contributed by atoms with E-state index < -0.39 is 5.43 Å². The summed E-state index contributed by atoms with van der Waals surface area (Å²) in [4.78, 5) is 30.0. The summed E-state index contributed by atoms with van der Waals surface area (Å²) in [6, 6.07) is 16.5. The first-order chi connectivity index (χ1) is 13.4. The van der Waals surface area contributed by atoms with E-state index in [1.165, 1.54) is 4.68 Å². The molecule has 0 aliphatic heterocycles. The molecule has 4 rings (SSSR count). The third kappa shape index (κ3) is 2.62. The molecule has 6 nitrogen and oxygen atoms in total. The molecule has 6 heteroatoms. The van der Waals surface area contributed by atoms with Crippen molar-refractivity contribution in [1.29, 1.82) is 0 Å². The molecular weight excluding hydrogens is 354 g/mol. The molecule has 0 saturated heterocycles. The maximum atomic E-state index is 13.0. The van der Waals surface area contributed by atoms with Crippen LogP contribution in [-0.2, 0) is 7.05 Å². The minimum Gasteiger partial charge on any atom is -0.505 e. The molecule has 0 atom stereocenters. The van der Waals surface area contributed by atoms with Crippen LogP contribution in [0.2, 0.25) is 0 Å². The second-order valence-corrected chi connectivity index (χ2v) is 6.79. The molecule has 3 aromatic carbocycles. The molecule has 1 heterocycles. The smallest absolute Gasteiger partial charge is 0.279 e. The summed E-state index contributed by atoms with van der Waals surface area (Å²) in [5, 5.41) is 10.5. The first-order valence-corrected chi connectivity index (χ1v) is 8.88. The number of para-hydroxylation sites is 1. The summed E-state index contributed by atoms with van der Waals surface area (Å²) >= 11 is 0. The topological polar surface area (TPSA) is 76.6 Å². The van der Waals surface area contributed by atoms with Crippen molar-refractivity contribution in [3.63, 3.8) is 0 Å². The molecule has 0 bridgehead atoms. The monoisotopic (exact) mass is 373 g/mol. The van der Waals surface area contributed by atoms with E-state index in [-0.39, 0.29) is 27.8 Å². The van der Waals surface area contributed by atoms with Gasteiger partial charge in [-0.3, -0.25) is 14.3 Å². The van der Waals surface area contributed by atoms with Crippen LogP contribution in [-0.4, -0.2) is 14.5 Å². The van der Waals surface area contributed by atoms with Gasteiger partial charge in [-0.2, -0.15) is 0 Å². The van der Waals surface area contributed by atoms with E-state index in [2.05, 4.69) is 4.99 Å². The molecule has 0 amide bonds. The van der Waals surface area contributed by atoms with Gasteiger partial charge in [-0.1, -0.05) is 35.9 Å². The van der Waals surface area contributed by atoms with E-state index in [9.17, 15) is 14.7 Å². The Bertz CT molecular complexity index is 1320. The average molecular weight is 373 g/mol. The average Bonchev–Trinajstić information content (AvgIpc) is 2.91. The van der Waals surface area contributed by atoms with Crippen LogP contribution in [0, 0.1) is 13.8 Å². The molecular formula is C22H19N3O3. The van der Waals surface area contributed by atoms with Crippen LogP contribution in [0.25, 0.3) is 16.8 Å². The Morgan fingerprint density at radius 2 is 1.54 bits per heavy atom. The third-order valence-electron chi connectivity index (χ3n) is 4.98. The van der Waals surface area contributed by atoms with Crippen molar-refractivity contribution in [1.82, 2.24) is 9.36 Å². The second-order valence-electron chi connectivity index (χ2n) is 6.79. The lowest BCUT2D eigenvalue weighted by molar-refractivity contribution is 0.463. The Labute approximate surface area is 161 Å². The first kappa shape index (κ1) is 17.7. The zero-order valence-electron chi connectivity index (χ0n) is 15.8. The summed E-state index contributed by atoms with van der Waals surface area (Å²) in [5.74, 6) is -0.239. The molecule has 140 valence electrons. The third-order valence-corrected chi connectivity index (χ3v) is 4.98. The highest BCUT2D eigenvalue weighted by Gasteiger charge is 2.28. The van der Waals surface area contributed by atoms with Crippen molar-refractivity contribution in [3.05, 3.63) is 91.8 Å². The SMILES string of the molecule is Cc1ccc(N=c2c(O)c(-c3c(C)n(C)n(-c4ccccc4)c3=O)c2=O)cc1. The molecule has 28 heavy (non-hydrogen) atoms. The Kier molecular flexibility index (Phi) is 4.11. The summed E-state index contributed by atoms with van der Waals surface area (Å²) in [7, 11) is 1.75. The van der Waals surface area contributed by atoms with Gasteiger partial charge in [-0.15, -0.1) is 0 Å². The molecule has 0 radical (unpaired) electrons. The van der Waals surface area contributed by atoms with Crippen LogP contribution in [0.4, 0.5) is 5.69 Å². The summed E-state index contributed by atoms with van der Waals surface area (Å²) < 4.78 is 3.16. The predicted octanol–water partition coefficient (Wildman–Crippen LogP) is 2.63. The van der Waals surface area contributed by atoms with E-state index >= 15 is 0 Å². The minimum atomic E-state index is -0.427. The summed E-state index contributed by atoms with van der Waals surface area (Å²) in [5.41, 5.74) is 2.38. The molecule has 0 aliphatic carbocycles. The number of rotatable bonds is 3. The molecule has 1 aromatic heterocycles. The first-order valence-electron chi connectivity index (χ1n) is 8.88. The number of hydrogen-bond acceptors (Lipinski definition) is 4. The Hall–Kier alpha value is -3.67. The summed E-state index contributed by atoms with van der Waals surface area (Å²) in [6.45, 7) is 3.70. The minimum absolute atomic E-state index is 0.0206. The van der Waals surface area contributed by atoms with Crippen molar-refractivity contribution in [2.24, 2.45) is 12.0 Å². The van der Waals surface area contributed by atoms with Crippen LogP contribution in [0.3, 0.4) is 0 Å². The highest BCUT2D eigenvalue weighted by atomic mass is 16.3. The van der Waals surface area contributed by atoms with E-state index in [0.717, 1.165) is 5.56 Å². The van der Waals surface area contributed by atoms with Crippen molar-refractivity contribution in [2.45, 2.75) is 13.8 Å². The van der Waals surface area contributed by atoms with Crippen molar-refractivity contribution in [2.75, 3.05) is 0 Å². The standard InChI is InChI=1S/C22H19N3O3/c1-13-9-11-15(12-10-13)23-19-20(26)18(21(19)27)17-14(2)24(3)25(22(17)28)16-7-5-4-6-8-16/h4-12,26H,1-3H3. The number of aryl methyl sites for hydroxylation is 1. The number of nitrogens with zero attached hydrogens (tertiary/aromatic N) is 3. The Morgan fingerprint density at radius 3 is 2.14 bits per heavy atom. The van der Waals surface area contributed by atoms with Gasteiger partial charge in [0.25, 0.3) is 5.56 Å². The molecule has 1 N–H and O–H groups in total. The van der Waals surface area contributed by atoms with E-state index in [1.54, 1.807) is 30.8 Å². The number of hydrogen-bond donors (Lipinski definition) is 1. The van der Waals surface area contributed by atoms with Gasteiger partial charge in [0.2, 0.25) is 5.43 Å². The van der Waals surface area contributed by atoms with Crippen molar-refractivity contribution >= 4 is 5.69 Å². The maximum absolute atomic E-state index is 13.0. The molecule has 0 saturated carbocycles. The van der Waals surface area contributed by atoms with Gasteiger partial charge in [0, 0.05) is 12.7 Å². The van der Waals surface area contributed by atoms with E-state index in [0.29, 0.717) is 17.1 Å². The molecule has 0 unspecified atom stereocenters. The van der Waals surface area contributed by atoms with Crippen LogP contribution < -0.4 is 16.3 Å². The van der Waals surface area contributed by atoms with Crippen LogP contribution in [0.15, 0.2) is 69.2 Å². The molecule has 0 fully saturated rings. The molecule has 0 aliphatic rings. The van der Waals surface area contributed by atoms with Gasteiger partial charge in [0.15, 0.2) is 11.1 Å². The van der Waals surface area contributed by atoms with Gasteiger partial charge in [-0.25, -0.2) is 9.67 Å². The highest BCUT2D eigenvalue weighted by molar-refractivity contribution is 5.75. The van der Waals surface area contributed by atoms with Crippen molar-refractivity contribution in [3.8, 4) is 22.6 Å². The zero-order chi connectivity index (χ0) is 20.0. The zero-order valence-corrected chi connectivity index (χ0v) is 15.8. The maximum Gasteiger partial charge on any atom is 0.279 e. The van der Waals surface area contributed by atoms with Gasteiger partial charge in [-0.05, 0) is 38.1 Å². The summed E-state index contributed by atoms with van der Waals surface area (Å²) in [6.07, 6.45) is 0. The quantitative estimate of drug-likeness (QED) is 0.600. The lowest BCUT2D eigenvalue weighted by Crippen LogP contribution is -2.35. The van der Waals surface area contributed by atoms with Crippen LogP contribution >= 0.6 is 0 Å². The van der Waals surface area contributed by atoms with Crippen LogP contribution in [0.1, 0.15) is 11.3 Å². The van der Waals surface area contributed by atoms with Gasteiger partial charge in [0.1, 0.15) is 0 Å². The predicted molar refractivity (Wildman–Crippen MR) is 108 cm³/mol. The molecule has 0 spiro atoms. The fourth-order valence-corrected chi connectivity index (χ4v) is 3.33. The van der Waals surface area contributed by atoms with Gasteiger partial charge in [0.05, 0.1) is 22.5 Å². The number of aromatic nitrogens is 2. The lowest BCUT2D eigenvalue weighted by Gasteiger charge is -2.08. The normalized spacial score (nSPS) is 12.0. The molecule has 4 aromatic rings. The second kappa shape index (κ2) is 6.49. The number of benzene rings is 2. The lowest BCUT2D eigenvalue weighted by atomic mass is 10.00. The Morgan fingerprint density at radius 1 is 0.893 bits per heavy atom. The van der Waals surface area contributed by atoms with E-state index in [4.69, 9.17) is 0 Å². The van der Waals surface area contributed by atoms with Crippen molar-refractivity contribution < 1.29 is 5.11 Å². The van der Waals surface area contributed by atoms with Crippen LogP contribution in [0.5, 0.6) is 5.75 Å².